The minimum atomic E-state index is -1.35. The molecule has 6 N–H and O–H groups in total. The van der Waals surface area contributed by atoms with Crippen LogP contribution in [-0.2, 0) is 9.59 Å². The number of hydrogen-bond acceptors (Lipinski definition) is 7. The van der Waals surface area contributed by atoms with E-state index < -0.39 is 23.4 Å². The highest BCUT2D eigenvalue weighted by atomic mass is 16.4. The Morgan fingerprint density at radius 1 is 1.29 bits per heavy atom. The molecule has 9 heteroatoms. The average molecular weight is 394 g/mol. The van der Waals surface area contributed by atoms with Crippen LogP contribution >= 0.6 is 0 Å². The van der Waals surface area contributed by atoms with Gasteiger partial charge in [0.1, 0.15) is 11.7 Å². The molecule has 0 bridgehead atoms. The second-order valence-corrected chi connectivity index (χ2v) is 6.99. The molecule has 1 aromatic heterocycles. The summed E-state index contributed by atoms with van der Waals surface area (Å²) in [4.78, 5) is 32.4. The standard InChI is InChI=1S/C10H9NO2.C9H17NO5/c1-6-4-10(12)13-9-5-7(11)2-3-8(6)9;1-9(2,5-11)7(14)8(15)10-4-3-6(12)13/h2-5H,11H2,1H3;7,11,14H,3-5H2,1-2H3,(H,10,15)(H,12,13). The third kappa shape index (κ3) is 6.67. The maximum atomic E-state index is 11.3. The summed E-state index contributed by atoms with van der Waals surface area (Å²) in [6, 6.07) is 6.76. The first kappa shape index (κ1) is 23.1. The van der Waals surface area contributed by atoms with E-state index >= 15 is 0 Å². The predicted molar refractivity (Wildman–Crippen MR) is 104 cm³/mol. The molecule has 1 aromatic carbocycles. The maximum absolute atomic E-state index is 11.3. The Morgan fingerprint density at radius 3 is 2.50 bits per heavy atom. The van der Waals surface area contributed by atoms with E-state index in [4.69, 9.17) is 20.4 Å². The fraction of sp³-hybridized carbons (Fsp3) is 0.421. The van der Waals surface area contributed by atoms with Crippen molar-refractivity contribution >= 4 is 28.5 Å². The van der Waals surface area contributed by atoms with Crippen LogP contribution in [0.5, 0.6) is 0 Å². The highest BCUT2D eigenvalue weighted by Crippen LogP contribution is 2.19. The van der Waals surface area contributed by atoms with Crippen LogP contribution in [0.3, 0.4) is 0 Å². The lowest BCUT2D eigenvalue weighted by Gasteiger charge is -2.26. The van der Waals surface area contributed by atoms with Crippen molar-refractivity contribution in [1.82, 2.24) is 5.32 Å². The van der Waals surface area contributed by atoms with E-state index in [2.05, 4.69) is 5.32 Å². The number of nitrogen functional groups attached to an aromatic ring is 1. The topological polar surface area (TPSA) is 163 Å². The van der Waals surface area contributed by atoms with Crippen molar-refractivity contribution in [2.75, 3.05) is 18.9 Å². The lowest BCUT2D eigenvalue weighted by molar-refractivity contribution is -0.138. The van der Waals surface area contributed by atoms with Gasteiger partial charge in [-0.2, -0.15) is 0 Å². The summed E-state index contributed by atoms with van der Waals surface area (Å²) < 4.78 is 4.99. The monoisotopic (exact) mass is 394 g/mol. The summed E-state index contributed by atoms with van der Waals surface area (Å²) >= 11 is 0. The van der Waals surface area contributed by atoms with E-state index in [1.165, 1.54) is 19.9 Å². The number of aliphatic hydroxyl groups excluding tert-OH is 2. The molecule has 9 nitrogen and oxygen atoms in total. The molecule has 2 aromatic rings. The third-order valence-corrected chi connectivity index (χ3v) is 4.01. The van der Waals surface area contributed by atoms with E-state index in [0.29, 0.717) is 11.3 Å². The summed E-state index contributed by atoms with van der Waals surface area (Å²) in [5.74, 6) is -1.69. The van der Waals surface area contributed by atoms with Gasteiger partial charge in [0.15, 0.2) is 0 Å². The van der Waals surface area contributed by atoms with Gasteiger partial charge in [0.25, 0.3) is 0 Å². The van der Waals surface area contributed by atoms with Gasteiger partial charge < -0.3 is 30.8 Å². The lowest BCUT2D eigenvalue weighted by Crippen LogP contribution is -2.45. The van der Waals surface area contributed by atoms with Crippen molar-refractivity contribution in [3.05, 3.63) is 40.2 Å². The number of amides is 1. The summed E-state index contributed by atoms with van der Waals surface area (Å²) in [6.45, 7) is 4.57. The van der Waals surface area contributed by atoms with E-state index in [0.717, 1.165) is 10.9 Å². The van der Waals surface area contributed by atoms with Crippen LogP contribution in [0.15, 0.2) is 33.5 Å². The Kier molecular flexibility index (Phi) is 8.15. The third-order valence-electron chi connectivity index (χ3n) is 4.01. The highest BCUT2D eigenvalue weighted by Gasteiger charge is 2.32. The van der Waals surface area contributed by atoms with Gasteiger partial charge in [-0.15, -0.1) is 0 Å². The minimum absolute atomic E-state index is 0.0350. The van der Waals surface area contributed by atoms with Crippen LogP contribution < -0.4 is 16.7 Å². The molecule has 28 heavy (non-hydrogen) atoms. The molecule has 2 rings (SSSR count). The molecule has 0 aliphatic rings. The van der Waals surface area contributed by atoms with E-state index in [9.17, 15) is 19.5 Å². The molecule has 0 saturated heterocycles. The number of hydrogen-bond donors (Lipinski definition) is 5. The van der Waals surface area contributed by atoms with E-state index in [1.807, 2.05) is 13.0 Å². The number of nitrogens with one attached hydrogen (secondary N) is 1. The van der Waals surface area contributed by atoms with Gasteiger partial charge in [0.05, 0.1) is 13.0 Å². The van der Waals surface area contributed by atoms with E-state index in [-0.39, 0.29) is 25.2 Å². The number of fused-ring (bicyclic) bond motifs is 1. The molecule has 0 radical (unpaired) electrons. The highest BCUT2D eigenvalue weighted by molar-refractivity contribution is 5.83. The summed E-state index contributed by atoms with van der Waals surface area (Å²) in [7, 11) is 0. The first-order valence-corrected chi connectivity index (χ1v) is 8.56. The molecule has 0 spiro atoms. The second-order valence-electron chi connectivity index (χ2n) is 6.99. The van der Waals surface area contributed by atoms with Crippen molar-refractivity contribution in [2.45, 2.75) is 33.3 Å². The Labute approximate surface area is 161 Å². The predicted octanol–water partition coefficient (Wildman–Crippen LogP) is 0.640. The molecular formula is C19H26N2O7. The fourth-order valence-corrected chi connectivity index (χ4v) is 2.17. The lowest BCUT2D eigenvalue weighted by atomic mass is 9.87. The van der Waals surface area contributed by atoms with Crippen LogP contribution in [0, 0.1) is 12.3 Å². The van der Waals surface area contributed by atoms with Crippen LogP contribution in [0.4, 0.5) is 5.69 Å². The SMILES string of the molecule is CC(C)(CO)C(O)C(=O)NCCC(=O)O.Cc1cc(=O)oc2cc(N)ccc12. The smallest absolute Gasteiger partial charge is 0.336 e. The minimum Gasteiger partial charge on any atom is -0.481 e. The first-order chi connectivity index (χ1) is 13.0. The quantitative estimate of drug-likeness (QED) is 0.352. The van der Waals surface area contributed by atoms with Crippen molar-refractivity contribution in [3.63, 3.8) is 0 Å². The number of anilines is 1. The van der Waals surface area contributed by atoms with E-state index in [1.54, 1.807) is 12.1 Å². The van der Waals surface area contributed by atoms with Gasteiger partial charge in [-0.05, 0) is 24.6 Å². The van der Waals surface area contributed by atoms with Gasteiger partial charge in [-0.25, -0.2) is 4.79 Å². The molecule has 0 aliphatic carbocycles. The Bertz CT molecular complexity index is 889. The zero-order valence-corrected chi connectivity index (χ0v) is 16.1. The maximum Gasteiger partial charge on any atom is 0.336 e. The number of aliphatic hydroxyl groups is 2. The molecular weight excluding hydrogens is 368 g/mol. The molecule has 1 heterocycles. The summed E-state index contributed by atoms with van der Waals surface area (Å²) in [5.41, 5.74) is 6.34. The van der Waals surface area contributed by atoms with Crippen molar-refractivity contribution < 1.29 is 29.3 Å². The average Bonchev–Trinajstić information content (AvgIpc) is 2.60. The summed E-state index contributed by atoms with van der Waals surface area (Å²) in [6.07, 6.45) is -1.55. The van der Waals surface area contributed by atoms with Gasteiger partial charge in [0.2, 0.25) is 5.91 Å². The van der Waals surface area contributed by atoms with Crippen LogP contribution in [-0.4, -0.2) is 46.5 Å². The Balaban J connectivity index is 0.000000281. The number of carboxylic acid groups (broad SMARTS) is 1. The molecule has 1 unspecified atom stereocenters. The zero-order valence-electron chi connectivity index (χ0n) is 16.1. The van der Waals surface area contributed by atoms with Gasteiger partial charge in [-0.1, -0.05) is 13.8 Å². The second kappa shape index (κ2) is 9.86. The van der Waals surface area contributed by atoms with Crippen molar-refractivity contribution in [3.8, 4) is 0 Å². The van der Waals surface area contributed by atoms with Crippen LogP contribution in [0.1, 0.15) is 25.8 Å². The van der Waals surface area contributed by atoms with Crippen molar-refractivity contribution in [1.29, 1.82) is 0 Å². The van der Waals surface area contributed by atoms with Gasteiger partial charge in [-0.3, -0.25) is 9.59 Å². The number of carboxylic acids is 1. The normalized spacial score (nSPS) is 12.0. The molecule has 0 saturated carbocycles. The van der Waals surface area contributed by atoms with Crippen LogP contribution in [0.25, 0.3) is 11.0 Å². The molecule has 154 valence electrons. The molecule has 1 atom stereocenters. The number of carbonyl (C=O) groups excluding carboxylic acids is 1. The Hall–Kier alpha value is -2.91. The number of benzene rings is 1. The van der Waals surface area contributed by atoms with Crippen LogP contribution in [0.2, 0.25) is 0 Å². The first-order valence-electron chi connectivity index (χ1n) is 8.56. The number of aliphatic carboxylic acids is 1. The Morgan fingerprint density at radius 2 is 1.93 bits per heavy atom. The number of nitrogens with two attached hydrogens (primary N) is 1. The number of carbonyl (C=O) groups is 2. The largest absolute Gasteiger partial charge is 0.481 e. The summed E-state index contributed by atoms with van der Waals surface area (Å²) in [5, 5.41) is 29.9. The number of rotatable bonds is 6. The number of aryl methyl sites for hydroxylation is 1. The molecule has 1 amide bonds. The van der Waals surface area contributed by atoms with Gasteiger partial charge >= 0.3 is 11.6 Å². The van der Waals surface area contributed by atoms with Crippen molar-refractivity contribution in [2.24, 2.45) is 5.41 Å². The zero-order chi connectivity index (χ0) is 21.5. The fourth-order valence-electron chi connectivity index (χ4n) is 2.17. The molecule has 0 aliphatic heterocycles. The van der Waals surface area contributed by atoms with Gasteiger partial charge in [0, 0.05) is 35.2 Å². The molecule has 0 fully saturated rings.